The minimum absolute atomic E-state index is 0.682. The second-order valence-corrected chi connectivity index (χ2v) is 5.04. The molecule has 0 amide bonds. The molecule has 3 nitrogen and oxygen atoms in total. The first-order valence-corrected chi connectivity index (χ1v) is 6.87. The Balaban J connectivity index is 1.83. The minimum Gasteiger partial charge on any atom is -0.496 e. The van der Waals surface area contributed by atoms with Crippen LogP contribution in [0.3, 0.4) is 0 Å². The Bertz CT molecular complexity index is 373. The van der Waals surface area contributed by atoms with Gasteiger partial charge in [0.25, 0.3) is 0 Å². The first-order chi connectivity index (χ1) is 8.79. The fraction of sp³-hybridized carbons (Fsp3) is 0.600. The van der Waals surface area contributed by atoms with E-state index in [9.17, 15) is 0 Å². The second-order valence-electron chi connectivity index (χ2n) is 5.04. The van der Waals surface area contributed by atoms with Gasteiger partial charge in [-0.25, -0.2) is 0 Å². The van der Waals surface area contributed by atoms with Crippen molar-refractivity contribution >= 4 is 0 Å². The van der Waals surface area contributed by atoms with Gasteiger partial charge in [-0.3, -0.25) is 0 Å². The molecular weight excluding hydrogens is 224 g/mol. The zero-order valence-electron chi connectivity index (χ0n) is 11.5. The SMILES string of the molecule is COc1ccc(C)cc1CCNC1CCNCC1. The summed E-state index contributed by atoms with van der Waals surface area (Å²) in [6.45, 7) is 5.45. The molecule has 100 valence electrons. The first-order valence-electron chi connectivity index (χ1n) is 6.87. The summed E-state index contributed by atoms with van der Waals surface area (Å²) in [6.07, 6.45) is 3.52. The maximum Gasteiger partial charge on any atom is 0.122 e. The normalized spacial score (nSPS) is 16.8. The zero-order chi connectivity index (χ0) is 12.8. The quantitative estimate of drug-likeness (QED) is 0.835. The van der Waals surface area contributed by atoms with Crippen molar-refractivity contribution in [2.75, 3.05) is 26.7 Å². The molecule has 2 N–H and O–H groups in total. The van der Waals surface area contributed by atoms with Crippen molar-refractivity contribution in [2.45, 2.75) is 32.2 Å². The van der Waals surface area contributed by atoms with Gasteiger partial charge >= 0.3 is 0 Å². The maximum absolute atomic E-state index is 5.41. The van der Waals surface area contributed by atoms with E-state index in [1.165, 1.54) is 24.0 Å². The Morgan fingerprint density at radius 3 is 2.83 bits per heavy atom. The van der Waals surface area contributed by atoms with E-state index in [2.05, 4.69) is 35.8 Å². The van der Waals surface area contributed by atoms with Crippen LogP contribution in [0.25, 0.3) is 0 Å². The van der Waals surface area contributed by atoms with Crippen molar-refractivity contribution in [1.29, 1.82) is 0 Å². The van der Waals surface area contributed by atoms with Gasteiger partial charge in [-0.2, -0.15) is 0 Å². The Morgan fingerprint density at radius 2 is 2.11 bits per heavy atom. The van der Waals surface area contributed by atoms with Crippen LogP contribution >= 0.6 is 0 Å². The highest BCUT2D eigenvalue weighted by Crippen LogP contribution is 2.19. The molecule has 1 aliphatic rings. The van der Waals surface area contributed by atoms with Gasteiger partial charge in [-0.15, -0.1) is 0 Å². The molecule has 3 heteroatoms. The molecule has 0 saturated carbocycles. The maximum atomic E-state index is 5.41. The van der Waals surface area contributed by atoms with Gasteiger partial charge in [0.2, 0.25) is 0 Å². The molecule has 1 fully saturated rings. The molecule has 1 saturated heterocycles. The molecule has 1 heterocycles. The summed E-state index contributed by atoms with van der Waals surface area (Å²) in [5.74, 6) is 1.01. The average molecular weight is 248 g/mol. The van der Waals surface area contributed by atoms with Crippen LogP contribution < -0.4 is 15.4 Å². The number of benzene rings is 1. The lowest BCUT2D eigenvalue weighted by Gasteiger charge is -2.24. The lowest BCUT2D eigenvalue weighted by molar-refractivity contribution is 0.385. The predicted octanol–water partition coefficient (Wildman–Crippen LogP) is 1.89. The summed E-state index contributed by atoms with van der Waals surface area (Å²) >= 11 is 0. The van der Waals surface area contributed by atoms with Crippen LogP contribution in [-0.4, -0.2) is 32.8 Å². The molecule has 18 heavy (non-hydrogen) atoms. The first kappa shape index (κ1) is 13.4. The topological polar surface area (TPSA) is 33.3 Å². The summed E-state index contributed by atoms with van der Waals surface area (Å²) in [5, 5.41) is 7.03. The summed E-state index contributed by atoms with van der Waals surface area (Å²) < 4.78 is 5.41. The van der Waals surface area contributed by atoms with E-state index in [1.54, 1.807) is 7.11 Å². The molecular formula is C15H24N2O. The van der Waals surface area contributed by atoms with Crippen molar-refractivity contribution in [3.63, 3.8) is 0 Å². The molecule has 0 atom stereocenters. The summed E-state index contributed by atoms with van der Waals surface area (Å²) in [4.78, 5) is 0. The average Bonchev–Trinajstić information content (AvgIpc) is 2.40. The number of piperidine rings is 1. The van der Waals surface area contributed by atoms with Gasteiger partial charge in [-0.05, 0) is 57.5 Å². The highest BCUT2D eigenvalue weighted by Gasteiger charge is 2.12. The third kappa shape index (κ3) is 3.72. The summed E-state index contributed by atoms with van der Waals surface area (Å²) in [5.41, 5.74) is 2.60. The molecule has 0 radical (unpaired) electrons. The highest BCUT2D eigenvalue weighted by atomic mass is 16.5. The number of rotatable bonds is 5. The van der Waals surface area contributed by atoms with Crippen LogP contribution in [0.1, 0.15) is 24.0 Å². The predicted molar refractivity (Wildman–Crippen MR) is 75.3 cm³/mol. The highest BCUT2D eigenvalue weighted by molar-refractivity contribution is 5.37. The second kappa shape index (κ2) is 6.76. The van der Waals surface area contributed by atoms with Gasteiger partial charge in [0.15, 0.2) is 0 Å². The van der Waals surface area contributed by atoms with Gasteiger partial charge in [-0.1, -0.05) is 17.7 Å². The van der Waals surface area contributed by atoms with Crippen LogP contribution in [0.15, 0.2) is 18.2 Å². The molecule has 2 rings (SSSR count). The Labute approximate surface area is 110 Å². The van der Waals surface area contributed by atoms with Gasteiger partial charge in [0, 0.05) is 6.04 Å². The molecule has 0 spiro atoms. The van der Waals surface area contributed by atoms with Gasteiger partial charge in [0.05, 0.1) is 7.11 Å². The van der Waals surface area contributed by atoms with E-state index in [0.29, 0.717) is 6.04 Å². The van der Waals surface area contributed by atoms with E-state index < -0.39 is 0 Å². The Kier molecular flexibility index (Phi) is 5.02. The molecule has 1 aromatic rings. The Hall–Kier alpha value is -1.06. The molecule has 0 aliphatic carbocycles. The van der Waals surface area contributed by atoms with E-state index in [-0.39, 0.29) is 0 Å². The number of hydrogen-bond donors (Lipinski definition) is 2. The van der Waals surface area contributed by atoms with Crippen molar-refractivity contribution < 1.29 is 4.74 Å². The van der Waals surface area contributed by atoms with Crippen LogP contribution in [-0.2, 0) is 6.42 Å². The van der Waals surface area contributed by atoms with Crippen molar-refractivity contribution in [3.05, 3.63) is 29.3 Å². The number of ether oxygens (including phenoxy) is 1. The van der Waals surface area contributed by atoms with Crippen LogP contribution in [0.2, 0.25) is 0 Å². The van der Waals surface area contributed by atoms with Crippen molar-refractivity contribution in [3.8, 4) is 5.75 Å². The van der Waals surface area contributed by atoms with Crippen LogP contribution in [0, 0.1) is 6.92 Å². The van der Waals surface area contributed by atoms with E-state index in [1.807, 2.05) is 0 Å². The van der Waals surface area contributed by atoms with Crippen LogP contribution in [0.4, 0.5) is 0 Å². The summed E-state index contributed by atoms with van der Waals surface area (Å²) in [6, 6.07) is 7.07. The largest absolute Gasteiger partial charge is 0.496 e. The molecule has 1 aromatic carbocycles. The smallest absolute Gasteiger partial charge is 0.122 e. The van der Waals surface area contributed by atoms with E-state index >= 15 is 0 Å². The third-order valence-corrected chi connectivity index (χ3v) is 3.60. The zero-order valence-corrected chi connectivity index (χ0v) is 11.5. The molecule has 0 unspecified atom stereocenters. The monoisotopic (exact) mass is 248 g/mol. The van der Waals surface area contributed by atoms with Gasteiger partial charge in [0.1, 0.15) is 5.75 Å². The van der Waals surface area contributed by atoms with E-state index in [0.717, 1.165) is 31.8 Å². The van der Waals surface area contributed by atoms with Gasteiger partial charge < -0.3 is 15.4 Å². The fourth-order valence-corrected chi connectivity index (χ4v) is 2.54. The number of aryl methyl sites for hydroxylation is 1. The number of methoxy groups -OCH3 is 1. The number of nitrogens with one attached hydrogen (secondary N) is 2. The number of hydrogen-bond acceptors (Lipinski definition) is 3. The molecule has 0 bridgehead atoms. The van der Waals surface area contributed by atoms with Crippen molar-refractivity contribution in [2.24, 2.45) is 0 Å². The van der Waals surface area contributed by atoms with Crippen molar-refractivity contribution in [1.82, 2.24) is 10.6 Å². The lowest BCUT2D eigenvalue weighted by Crippen LogP contribution is -2.40. The Morgan fingerprint density at radius 1 is 1.33 bits per heavy atom. The molecule has 0 aromatic heterocycles. The summed E-state index contributed by atoms with van der Waals surface area (Å²) in [7, 11) is 1.74. The lowest BCUT2D eigenvalue weighted by atomic mass is 10.0. The van der Waals surface area contributed by atoms with E-state index in [4.69, 9.17) is 4.74 Å². The molecule has 1 aliphatic heterocycles. The third-order valence-electron chi connectivity index (χ3n) is 3.60. The van der Waals surface area contributed by atoms with Crippen LogP contribution in [0.5, 0.6) is 5.75 Å². The minimum atomic E-state index is 0.682. The standard InChI is InChI=1S/C15H24N2O/c1-12-3-4-15(18-2)13(11-12)5-10-17-14-6-8-16-9-7-14/h3-4,11,14,16-17H,5-10H2,1-2H3. The fourth-order valence-electron chi connectivity index (χ4n) is 2.54.